The minimum Gasteiger partial charge on any atom is -0.310 e. The van der Waals surface area contributed by atoms with Crippen LogP contribution in [-0.4, -0.2) is 4.57 Å². The Morgan fingerprint density at radius 2 is 1.53 bits per heavy atom. The number of allylic oxidation sites excluding steroid dienone is 5. The first-order valence-electron chi connectivity index (χ1n) is 18.2. The highest BCUT2D eigenvalue weighted by molar-refractivity contribution is 6.11. The maximum atomic E-state index is 2.49. The van der Waals surface area contributed by atoms with Crippen LogP contribution in [0.4, 0.5) is 17.1 Å². The van der Waals surface area contributed by atoms with Gasteiger partial charge in [0, 0.05) is 45.2 Å². The van der Waals surface area contributed by atoms with E-state index in [0.717, 1.165) is 17.8 Å². The summed E-state index contributed by atoms with van der Waals surface area (Å²) in [7, 11) is 0. The molecule has 1 aromatic heterocycles. The summed E-state index contributed by atoms with van der Waals surface area (Å²) < 4.78 is 2.45. The van der Waals surface area contributed by atoms with Crippen LogP contribution in [0.2, 0.25) is 0 Å². The largest absolute Gasteiger partial charge is 0.310 e. The molecule has 0 saturated carbocycles. The number of fused-ring (bicyclic) bond motifs is 8. The molecule has 242 valence electrons. The molecule has 0 fully saturated rings. The van der Waals surface area contributed by atoms with E-state index in [1.165, 1.54) is 77.0 Å². The van der Waals surface area contributed by atoms with Gasteiger partial charge < -0.3 is 9.47 Å². The van der Waals surface area contributed by atoms with E-state index in [4.69, 9.17) is 0 Å². The molecule has 2 heteroatoms. The second-order valence-corrected chi connectivity index (χ2v) is 14.6. The number of benzene rings is 6. The summed E-state index contributed by atoms with van der Waals surface area (Å²) in [6, 6.07) is 49.8. The molecule has 0 spiro atoms. The maximum Gasteiger partial charge on any atom is 0.0542 e. The smallest absolute Gasteiger partial charge is 0.0542 e. The Bertz CT molecular complexity index is 2810. The molecule has 7 aromatic rings. The van der Waals surface area contributed by atoms with Crippen molar-refractivity contribution in [3.8, 4) is 5.69 Å². The zero-order valence-electron chi connectivity index (χ0n) is 28.5. The maximum absolute atomic E-state index is 2.49. The van der Waals surface area contributed by atoms with Gasteiger partial charge in [0.2, 0.25) is 0 Å². The van der Waals surface area contributed by atoms with Gasteiger partial charge in [-0.1, -0.05) is 122 Å². The number of para-hydroxylation sites is 2. The lowest BCUT2D eigenvalue weighted by Crippen LogP contribution is -2.34. The number of nitrogens with zero attached hydrogens (tertiary/aromatic N) is 2. The zero-order valence-corrected chi connectivity index (χ0v) is 28.5. The molecule has 11 rings (SSSR count). The lowest BCUT2D eigenvalue weighted by atomic mass is 9.77. The fraction of sp³-hybridized carbons (Fsp3) is 0.102. The van der Waals surface area contributed by atoms with Crippen LogP contribution in [0, 0.1) is 11.8 Å². The molecule has 0 N–H and O–H groups in total. The number of hydrogen-bond acceptors (Lipinski definition) is 1. The molecule has 0 saturated heterocycles. The molecule has 1 heterocycles. The van der Waals surface area contributed by atoms with Crippen LogP contribution < -0.4 is 15.3 Å². The van der Waals surface area contributed by atoms with Gasteiger partial charge in [-0.15, -0.1) is 0 Å². The second kappa shape index (κ2) is 10.9. The number of anilines is 3. The van der Waals surface area contributed by atoms with Gasteiger partial charge in [-0.05, 0) is 105 Å². The van der Waals surface area contributed by atoms with Gasteiger partial charge in [-0.2, -0.15) is 0 Å². The van der Waals surface area contributed by atoms with E-state index >= 15 is 0 Å². The molecule has 6 aromatic carbocycles. The van der Waals surface area contributed by atoms with E-state index in [-0.39, 0.29) is 0 Å². The number of aromatic nitrogens is 1. The molecule has 4 aliphatic carbocycles. The van der Waals surface area contributed by atoms with Gasteiger partial charge in [0.1, 0.15) is 0 Å². The Balaban J connectivity index is 1.16. The molecular formula is C49H36N2. The van der Waals surface area contributed by atoms with Crippen molar-refractivity contribution in [3.63, 3.8) is 0 Å². The fourth-order valence-corrected chi connectivity index (χ4v) is 9.42. The van der Waals surface area contributed by atoms with Crippen molar-refractivity contribution < 1.29 is 0 Å². The zero-order chi connectivity index (χ0) is 33.6. The van der Waals surface area contributed by atoms with Crippen molar-refractivity contribution in [3.05, 3.63) is 196 Å². The van der Waals surface area contributed by atoms with E-state index in [2.05, 4.69) is 186 Å². The Labute approximate surface area is 297 Å². The summed E-state index contributed by atoms with van der Waals surface area (Å²) in [6.07, 6.45) is 15.1. The molecule has 0 amide bonds. The summed E-state index contributed by atoms with van der Waals surface area (Å²) in [6.45, 7) is 2.30. The SMILES string of the molecule is CC1C=Cc2cc(-n3c4ccccc4c4cc(N(c5ccccc5)c5cccc6c5C5=c7ccccc7=CC7=CC=CC6C75)ccc43)ccc2C1. The number of rotatable bonds is 4. The van der Waals surface area contributed by atoms with E-state index < -0.39 is 0 Å². The predicted molar refractivity (Wildman–Crippen MR) is 213 cm³/mol. The van der Waals surface area contributed by atoms with Crippen molar-refractivity contribution in [1.82, 2.24) is 4.57 Å². The standard InChI is InChI=1S/C49H36N2/c1-31-21-22-33-29-37(24-23-32(33)27-31)51-44-19-8-7-16-40(44)43-30-38(25-26-45(43)51)50(36-13-3-2-4-14-36)46-20-10-18-42-41-17-9-12-35-28-34-11-5-6-15-39(34)49(47(35)41)48(42)46/h2-26,28-31,41,47H,27H2,1H3. The molecule has 2 nitrogen and oxygen atoms in total. The first-order chi connectivity index (χ1) is 25.2. The van der Waals surface area contributed by atoms with Gasteiger partial charge in [0.25, 0.3) is 0 Å². The van der Waals surface area contributed by atoms with Gasteiger partial charge in [0.15, 0.2) is 0 Å². The summed E-state index contributed by atoms with van der Waals surface area (Å²) in [5, 5.41) is 5.18. The molecule has 0 aliphatic heterocycles. The monoisotopic (exact) mass is 652 g/mol. The van der Waals surface area contributed by atoms with Crippen molar-refractivity contribution >= 4 is 56.6 Å². The van der Waals surface area contributed by atoms with Crippen LogP contribution >= 0.6 is 0 Å². The van der Waals surface area contributed by atoms with E-state index in [0.29, 0.717) is 17.8 Å². The summed E-state index contributed by atoms with van der Waals surface area (Å²) in [4.78, 5) is 2.49. The van der Waals surface area contributed by atoms with E-state index in [9.17, 15) is 0 Å². The van der Waals surface area contributed by atoms with Crippen molar-refractivity contribution in [2.75, 3.05) is 4.90 Å². The normalized spacial score (nSPS) is 19.3. The van der Waals surface area contributed by atoms with Crippen LogP contribution in [-0.2, 0) is 6.42 Å². The lowest BCUT2D eigenvalue weighted by Gasteiger charge is -2.29. The van der Waals surface area contributed by atoms with Crippen LogP contribution in [0.25, 0.3) is 45.2 Å². The molecule has 3 unspecified atom stereocenters. The molecule has 4 aliphatic rings. The third-order valence-corrected chi connectivity index (χ3v) is 11.6. The van der Waals surface area contributed by atoms with Gasteiger partial charge in [-0.25, -0.2) is 0 Å². The average molecular weight is 653 g/mol. The first kappa shape index (κ1) is 28.7. The summed E-state index contributed by atoms with van der Waals surface area (Å²) >= 11 is 0. The lowest BCUT2D eigenvalue weighted by molar-refractivity contribution is 0.717. The topological polar surface area (TPSA) is 8.17 Å². The Morgan fingerprint density at radius 3 is 2.47 bits per heavy atom. The Kier molecular flexibility index (Phi) is 6.15. The number of hydrogen-bond donors (Lipinski definition) is 0. The van der Waals surface area contributed by atoms with Crippen LogP contribution in [0.1, 0.15) is 35.1 Å². The van der Waals surface area contributed by atoms with Gasteiger partial charge in [0.05, 0.1) is 16.7 Å². The highest BCUT2D eigenvalue weighted by Crippen LogP contribution is 2.55. The second-order valence-electron chi connectivity index (χ2n) is 14.6. The molecular weight excluding hydrogens is 617 g/mol. The van der Waals surface area contributed by atoms with Crippen molar-refractivity contribution in [1.29, 1.82) is 0 Å². The summed E-state index contributed by atoms with van der Waals surface area (Å²) in [5.41, 5.74) is 15.6. The first-order valence-corrected chi connectivity index (χ1v) is 18.2. The van der Waals surface area contributed by atoms with Crippen molar-refractivity contribution in [2.24, 2.45) is 11.8 Å². The van der Waals surface area contributed by atoms with Crippen LogP contribution in [0.15, 0.2) is 163 Å². The fourth-order valence-electron chi connectivity index (χ4n) is 9.42. The quantitative estimate of drug-likeness (QED) is 0.184. The van der Waals surface area contributed by atoms with Gasteiger partial charge in [-0.3, -0.25) is 0 Å². The van der Waals surface area contributed by atoms with Crippen molar-refractivity contribution in [2.45, 2.75) is 19.3 Å². The average Bonchev–Trinajstić information content (AvgIpc) is 3.70. The third kappa shape index (κ3) is 4.23. The van der Waals surface area contributed by atoms with Crippen LogP contribution in [0.5, 0.6) is 0 Å². The minimum absolute atomic E-state index is 0.326. The molecule has 3 atom stereocenters. The minimum atomic E-state index is 0.326. The Hall–Kier alpha value is -6.12. The van der Waals surface area contributed by atoms with E-state index in [1.54, 1.807) is 0 Å². The molecule has 51 heavy (non-hydrogen) atoms. The van der Waals surface area contributed by atoms with E-state index in [1.807, 2.05) is 0 Å². The van der Waals surface area contributed by atoms with Crippen LogP contribution in [0.3, 0.4) is 0 Å². The van der Waals surface area contributed by atoms with Gasteiger partial charge >= 0.3 is 0 Å². The Morgan fingerprint density at radius 1 is 0.686 bits per heavy atom. The molecule has 0 radical (unpaired) electrons. The predicted octanol–water partition coefficient (Wildman–Crippen LogP) is 10.7. The third-order valence-electron chi connectivity index (χ3n) is 11.6. The highest BCUT2D eigenvalue weighted by atomic mass is 15.1. The molecule has 0 bridgehead atoms. The highest BCUT2D eigenvalue weighted by Gasteiger charge is 2.41. The summed E-state index contributed by atoms with van der Waals surface area (Å²) in [5.74, 6) is 1.23.